The molecule has 9 atom stereocenters. The maximum atomic E-state index is 12.1. The van der Waals surface area contributed by atoms with Crippen LogP contribution in [0.1, 0.15) is 94.4 Å². The fourth-order valence-corrected chi connectivity index (χ4v) is 24.1. The minimum atomic E-state index is -3.10. The number of ether oxygens (including phenoxy) is 2. The predicted octanol–water partition coefficient (Wildman–Crippen LogP) is 10.4. The molecule has 3 fully saturated rings. The summed E-state index contributed by atoms with van der Waals surface area (Å²) in [5.41, 5.74) is 0. The Balaban J connectivity index is 1.43. The summed E-state index contributed by atoms with van der Waals surface area (Å²) in [4.78, 5) is 12.1. The second kappa shape index (κ2) is 20.3. The van der Waals surface area contributed by atoms with Crippen LogP contribution in [0.25, 0.3) is 0 Å². The highest BCUT2D eigenvalue weighted by Gasteiger charge is 2.63. The van der Waals surface area contributed by atoms with Gasteiger partial charge in [-0.1, -0.05) is 190 Å². The standard InChI is InChI=1S/C55H76O6Si3/c1-11-42(59-62(12-2,13-3)14-4)39-41-40-48-51(50(41)60-63(54(5,6)7,44-27-19-15-20-28-44)45-29-21-16-22-30-45)58-49-36-35-43(37-38-56)57-53(49)52(48)61-64(55(8,9)10,46-31-23-17-24-32-46)47-33-25-18-26-34-47/h11,15-34,38,41-43,48-53H,1,12-14,35-37,39-40H2,2-10H3/t41-,42?,43+,48+,49-,50-,51+,52+,53-/m0/s1. The topological polar surface area (TPSA) is 63.2 Å². The van der Waals surface area contributed by atoms with Gasteiger partial charge in [-0.3, -0.25) is 0 Å². The number of hydrogen-bond donors (Lipinski definition) is 0. The zero-order valence-electron chi connectivity index (χ0n) is 40.2. The third kappa shape index (κ3) is 9.35. The Bertz CT molecular complexity index is 2000. The molecule has 3 aliphatic rings. The van der Waals surface area contributed by atoms with Crippen molar-refractivity contribution >= 4 is 52.0 Å². The van der Waals surface area contributed by atoms with Crippen molar-refractivity contribution in [2.24, 2.45) is 11.8 Å². The first-order valence-electron chi connectivity index (χ1n) is 24.3. The molecule has 1 unspecified atom stereocenters. The van der Waals surface area contributed by atoms with Crippen molar-refractivity contribution in [2.75, 3.05) is 0 Å². The summed E-state index contributed by atoms with van der Waals surface area (Å²) in [5, 5.41) is 4.50. The minimum Gasteiger partial charge on any atom is -0.411 e. The first kappa shape index (κ1) is 48.7. The molecule has 1 saturated carbocycles. The van der Waals surface area contributed by atoms with Gasteiger partial charge in [0.15, 0.2) is 8.32 Å². The molecule has 0 radical (unpaired) electrons. The summed E-state index contributed by atoms with van der Waals surface area (Å²) in [6.45, 7) is 25.5. The summed E-state index contributed by atoms with van der Waals surface area (Å²) >= 11 is 0. The molecule has 2 saturated heterocycles. The Morgan fingerprint density at radius 3 is 1.47 bits per heavy atom. The molecule has 64 heavy (non-hydrogen) atoms. The van der Waals surface area contributed by atoms with Gasteiger partial charge in [-0.05, 0) is 80.6 Å². The van der Waals surface area contributed by atoms with E-state index in [2.05, 4.69) is 196 Å². The average molecular weight is 917 g/mol. The molecule has 4 aromatic carbocycles. The van der Waals surface area contributed by atoms with Gasteiger partial charge < -0.3 is 27.5 Å². The van der Waals surface area contributed by atoms with E-state index in [-0.39, 0.29) is 64.6 Å². The van der Waals surface area contributed by atoms with Crippen molar-refractivity contribution in [1.29, 1.82) is 0 Å². The van der Waals surface area contributed by atoms with Crippen molar-refractivity contribution in [3.8, 4) is 0 Å². The lowest BCUT2D eigenvalue weighted by atomic mass is 9.84. The SMILES string of the molecule is C=CC(C[C@H]1C[C@H]2[C@@H](O[Si](c3ccccc3)(c3ccccc3)C(C)(C)C)[C@H]3O[C@@H](CC=O)CC[C@@H]3O[C@H]2[C@H]1O[Si](c1ccccc1)(c1ccccc1)C(C)(C)C)O[Si](CC)(CC)CC. The van der Waals surface area contributed by atoms with Crippen molar-refractivity contribution in [2.45, 2.75) is 165 Å². The van der Waals surface area contributed by atoms with Gasteiger partial charge in [-0.25, -0.2) is 0 Å². The van der Waals surface area contributed by atoms with Gasteiger partial charge >= 0.3 is 0 Å². The minimum absolute atomic E-state index is 0.0536. The Morgan fingerprint density at radius 2 is 1.08 bits per heavy atom. The van der Waals surface area contributed by atoms with E-state index in [4.69, 9.17) is 22.8 Å². The summed E-state index contributed by atoms with van der Waals surface area (Å²) in [6, 6.07) is 47.2. The number of aldehydes is 1. The van der Waals surface area contributed by atoms with Gasteiger partial charge in [0.05, 0.1) is 36.6 Å². The number of benzene rings is 4. The van der Waals surface area contributed by atoms with Crippen molar-refractivity contribution < 1.29 is 27.5 Å². The van der Waals surface area contributed by atoms with Gasteiger partial charge in [0.1, 0.15) is 12.4 Å². The van der Waals surface area contributed by atoms with Crippen LogP contribution < -0.4 is 20.7 Å². The first-order valence-corrected chi connectivity index (χ1v) is 30.7. The van der Waals surface area contributed by atoms with Crippen LogP contribution >= 0.6 is 0 Å². The molecule has 6 nitrogen and oxygen atoms in total. The number of carbonyl (C=O) groups is 1. The Hall–Kier alpha value is -3.26. The maximum absolute atomic E-state index is 12.1. The first-order chi connectivity index (χ1) is 30.7. The fourth-order valence-electron chi connectivity index (χ4n) is 11.8. The molecule has 2 aliphatic heterocycles. The molecule has 344 valence electrons. The van der Waals surface area contributed by atoms with E-state index >= 15 is 0 Å². The van der Waals surface area contributed by atoms with E-state index in [1.54, 1.807) is 0 Å². The van der Waals surface area contributed by atoms with Crippen LogP contribution in [0, 0.1) is 11.8 Å². The fraction of sp³-hybridized carbons (Fsp3) is 0.509. The summed E-state index contributed by atoms with van der Waals surface area (Å²) in [6.07, 6.45) is 4.89. The molecular formula is C55H76O6Si3. The largest absolute Gasteiger partial charge is 0.411 e. The normalized spacial score (nSPS) is 25.8. The van der Waals surface area contributed by atoms with Gasteiger partial charge in [0.25, 0.3) is 16.6 Å². The smallest absolute Gasteiger partial charge is 0.261 e. The summed E-state index contributed by atoms with van der Waals surface area (Å²) in [7, 11) is -8.17. The van der Waals surface area contributed by atoms with Crippen LogP contribution in [0.5, 0.6) is 0 Å². The van der Waals surface area contributed by atoms with Crippen LogP contribution in [0.3, 0.4) is 0 Å². The molecule has 2 heterocycles. The van der Waals surface area contributed by atoms with Crippen molar-refractivity contribution in [3.05, 3.63) is 134 Å². The molecule has 0 spiro atoms. The third-order valence-corrected chi connectivity index (χ3v) is 30.0. The number of fused-ring (bicyclic) bond motifs is 2. The summed E-state index contributed by atoms with van der Waals surface area (Å²) < 4.78 is 38.7. The Kier molecular flexibility index (Phi) is 15.4. The lowest BCUT2D eigenvalue weighted by molar-refractivity contribution is -0.248. The van der Waals surface area contributed by atoms with E-state index in [9.17, 15) is 4.79 Å². The Morgan fingerprint density at radius 1 is 0.641 bits per heavy atom. The molecule has 1 aliphatic carbocycles. The second-order valence-electron chi connectivity index (χ2n) is 20.9. The maximum Gasteiger partial charge on any atom is 0.261 e. The van der Waals surface area contributed by atoms with Gasteiger partial charge in [-0.2, -0.15) is 0 Å². The average Bonchev–Trinajstić information content (AvgIpc) is 3.64. The van der Waals surface area contributed by atoms with Crippen LogP contribution in [0.4, 0.5) is 0 Å². The molecule has 9 heteroatoms. The van der Waals surface area contributed by atoms with Crippen LogP contribution in [0.15, 0.2) is 134 Å². The number of rotatable bonds is 18. The van der Waals surface area contributed by atoms with Crippen LogP contribution in [-0.4, -0.2) is 74.0 Å². The zero-order valence-corrected chi connectivity index (χ0v) is 43.2. The number of hydrogen-bond acceptors (Lipinski definition) is 6. The zero-order chi connectivity index (χ0) is 45.8. The van der Waals surface area contributed by atoms with E-state index in [0.717, 1.165) is 50.1 Å². The second-order valence-corrected chi connectivity index (χ2v) is 34.1. The van der Waals surface area contributed by atoms with E-state index in [0.29, 0.717) is 6.42 Å². The quantitative estimate of drug-likeness (QED) is 0.0563. The number of carbonyl (C=O) groups excluding carboxylic acids is 1. The summed E-state index contributed by atoms with van der Waals surface area (Å²) in [5.74, 6) is 0.0233. The molecular weight excluding hydrogens is 841 g/mol. The van der Waals surface area contributed by atoms with E-state index in [1.165, 1.54) is 20.7 Å². The van der Waals surface area contributed by atoms with Crippen LogP contribution in [-0.2, 0) is 27.5 Å². The molecule has 0 aromatic heterocycles. The molecule has 4 aromatic rings. The lowest BCUT2D eigenvalue weighted by Gasteiger charge is -2.54. The molecule has 0 bridgehead atoms. The van der Waals surface area contributed by atoms with Crippen LogP contribution in [0.2, 0.25) is 28.2 Å². The lowest BCUT2D eigenvalue weighted by Crippen LogP contribution is -2.72. The highest BCUT2D eigenvalue weighted by molar-refractivity contribution is 7.00. The Labute approximate surface area is 388 Å². The van der Waals surface area contributed by atoms with Crippen molar-refractivity contribution in [3.63, 3.8) is 0 Å². The highest BCUT2D eigenvalue weighted by Crippen LogP contribution is 2.52. The third-order valence-electron chi connectivity index (χ3n) is 15.3. The van der Waals surface area contributed by atoms with Gasteiger partial charge in [0, 0.05) is 12.3 Å². The van der Waals surface area contributed by atoms with E-state index in [1.807, 2.05) is 0 Å². The molecule has 0 amide bonds. The molecule has 0 N–H and O–H groups in total. The monoisotopic (exact) mass is 916 g/mol. The van der Waals surface area contributed by atoms with Crippen molar-refractivity contribution in [1.82, 2.24) is 0 Å². The van der Waals surface area contributed by atoms with Gasteiger partial charge in [-0.15, -0.1) is 6.58 Å². The van der Waals surface area contributed by atoms with E-state index < -0.39 is 25.0 Å². The predicted molar refractivity (Wildman–Crippen MR) is 271 cm³/mol. The molecule has 7 rings (SSSR count). The van der Waals surface area contributed by atoms with Gasteiger partial charge in [0.2, 0.25) is 0 Å². The highest BCUT2D eigenvalue weighted by atomic mass is 28.4.